The minimum Gasteiger partial charge on any atom is -0.481 e. The lowest BCUT2D eigenvalue weighted by Crippen LogP contribution is -2.29. The van der Waals surface area contributed by atoms with E-state index in [-0.39, 0.29) is 18.4 Å². The van der Waals surface area contributed by atoms with Crippen LogP contribution in [0.5, 0.6) is 0 Å². The summed E-state index contributed by atoms with van der Waals surface area (Å²) in [5, 5.41) is 11.2. The van der Waals surface area contributed by atoms with E-state index in [2.05, 4.69) is 26.0 Å². The Kier molecular flexibility index (Phi) is 5.24. The first-order valence-electron chi connectivity index (χ1n) is 7.92. The number of hydrogen-bond acceptors (Lipinski definition) is 3. The van der Waals surface area contributed by atoms with E-state index < -0.39 is 5.97 Å². The van der Waals surface area contributed by atoms with Crippen molar-refractivity contribution in [3.63, 3.8) is 0 Å². The van der Waals surface area contributed by atoms with Crippen molar-refractivity contribution in [1.82, 2.24) is 0 Å². The fourth-order valence-electron chi connectivity index (χ4n) is 2.90. The molecule has 4 heteroatoms. The minimum atomic E-state index is -0.847. The summed E-state index contributed by atoms with van der Waals surface area (Å²) < 4.78 is 5.74. The molecule has 0 aliphatic heterocycles. The molecule has 1 aromatic carbocycles. The van der Waals surface area contributed by atoms with Gasteiger partial charge in [0.15, 0.2) is 0 Å². The van der Waals surface area contributed by atoms with Gasteiger partial charge in [-0.2, -0.15) is 0 Å². The van der Waals surface area contributed by atoms with Gasteiger partial charge in [0.2, 0.25) is 0 Å². The molecule has 0 saturated heterocycles. The van der Waals surface area contributed by atoms with Gasteiger partial charge in [-0.3, -0.25) is 4.79 Å². The summed E-state index contributed by atoms with van der Waals surface area (Å²) in [4.78, 5) is 11.2. The maximum Gasteiger partial charge on any atom is 0.304 e. The number of benzene rings is 1. The van der Waals surface area contributed by atoms with Crippen molar-refractivity contribution in [3.8, 4) is 0 Å². The van der Waals surface area contributed by atoms with Crippen LogP contribution in [0.15, 0.2) is 28.9 Å². The molecule has 4 nitrogen and oxygen atoms in total. The lowest BCUT2D eigenvalue weighted by molar-refractivity contribution is -0.137. The third-order valence-corrected chi connectivity index (χ3v) is 4.19. The van der Waals surface area contributed by atoms with E-state index >= 15 is 0 Å². The highest BCUT2D eigenvalue weighted by Gasteiger charge is 2.27. The van der Waals surface area contributed by atoms with Gasteiger partial charge in [0.05, 0.1) is 12.7 Å². The van der Waals surface area contributed by atoms with Gasteiger partial charge in [0.25, 0.3) is 0 Å². The molecule has 2 unspecified atom stereocenters. The van der Waals surface area contributed by atoms with Gasteiger partial charge < -0.3 is 15.3 Å². The van der Waals surface area contributed by atoms with Gasteiger partial charge in [0, 0.05) is 22.7 Å². The molecule has 2 aromatic rings. The van der Waals surface area contributed by atoms with Gasteiger partial charge in [-0.25, -0.2) is 0 Å². The van der Waals surface area contributed by atoms with Gasteiger partial charge >= 0.3 is 5.97 Å². The highest BCUT2D eigenvalue weighted by atomic mass is 16.4. The molecule has 1 heterocycles. The van der Waals surface area contributed by atoms with Crippen molar-refractivity contribution in [2.24, 2.45) is 5.73 Å². The Morgan fingerprint density at radius 2 is 2.09 bits per heavy atom. The van der Waals surface area contributed by atoms with E-state index in [0.29, 0.717) is 11.7 Å². The number of rotatable bonds is 7. The summed E-state index contributed by atoms with van der Waals surface area (Å²) in [7, 11) is 0. The number of carboxylic acids is 1. The molecule has 1 aromatic heterocycles. The molecule has 120 valence electrons. The molecule has 0 bridgehead atoms. The summed E-state index contributed by atoms with van der Waals surface area (Å²) in [6.45, 7) is 6.34. The van der Waals surface area contributed by atoms with Crippen LogP contribution < -0.4 is 5.73 Å². The Morgan fingerprint density at radius 3 is 2.68 bits per heavy atom. The molecule has 0 amide bonds. The van der Waals surface area contributed by atoms with Gasteiger partial charge in [-0.15, -0.1) is 0 Å². The number of aliphatic carboxylic acids is 1. The van der Waals surface area contributed by atoms with E-state index in [4.69, 9.17) is 10.2 Å². The third-order valence-electron chi connectivity index (χ3n) is 4.19. The van der Waals surface area contributed by atoms with Crippen molar-refractivity contribution < 1.29 is 14.3 Å². The van der Waals surface area contributed by atoms with E-state index in [1.807, 2.05) is 13.0 Å². The van der Waals surface area contributed by atoms with E-state index in [1.165, 1.54) is 5.56 Å². The monoisotopic (exact) mass is 303 g/mol. The molecule has 0 saturated carbocycles. The number of carbonyl (C=O) groups is 1. The molecule has 2 rings (SSSR count). The first kappa shape index (κ1) is 16.6. The highest BCUT2D eigenvalue weighted by molar-refractivity contribution is 5.86. The third kappa shape index (κ3) is 3.50. The van der Waals surface area contributed by atoms with Gasteiger partial charge in [0.1, 0.15) is 5.76 Å². The summed E-state index contributed by atoms with van der Waals surface area (Å²) in [6, 6.07) is 6.00. The predicted octanol–water partition coefficient (Wildman–Crippen LogP) is 4.24. The Morgan fingerprint density at radius 1 is 1.36 bits per heavy atom. The Hall–Kier alpha value is -1.81. The zero-order chi connectivity index (χ0) is 16.3. The summed E-state index contributed by atoms with van der Waals surface area (Å²) in [5.41, 5.74) is 7.46. The Labute approximate surface area is 131 Å². The molecule has 3 N–H and O–H groups in total. The second-order valence-corrected chi connectivity index (χ2v) is 6.26. The van der Waals surface area contributed by atoms with Crippen molar-refractivity contribution in [1.29, 1.82) is 0 Å². The summed E-state index contributed by atoms with van der Waals surface area (Å²) >= 11 is 0. The second kappa shape index (κ2) is 6.97. The van der Waals surface area contributed by atoms with E-state index in [9.17, 15) is 9.90 Å². The molecule has 2 atom stereocenters. The van der Waals surface area contributed by atoms with Crippen LogP contribution in [0.2, 0.25) is 0 Å². The van der Waals surface area contributed by atoms with Crippen LogP contribution in [0.25, 0.3) is 10.8 Å². The van der Waals surface area contributed by atoms with Crippen molar-refractivity contribution >= 4 is 16.7 Å². The maximum atomic E-state index is 11.2. The molecule has 22 heavy (non-hydrogen) atoms. The average Bonchev–Trinajstić information content (AvgIpc) is 2.87. The summed E-state index contributed by atoms with van der Waals surface area (Å²) in [6.07, 6.45) is 3.41. The molecule has 0 aliphatic carbocycles. The van der Waals surface area contributed by atoms with Crippen molar-refractivity contribution in [2.45, 2.75) is 57.9 Å². The topological polar surface area (TPSA) is 76.5 Å². The molecule has 0 fully saturated rings. The average molecular weight is 303 g/mol. The number of hydrogen-bond donors (Lipinski definition) is 2. The number of furan rings is 1. The predicted molar refractivity (Wildman–Crippen MR) is 88.2 cm³/mol. The van der Waals surface area contributed by atoms with Crippen LogP contribution >= 0.6 is 0 Å². The Balaban J connectivity index is 2.42. The van der Waals surface area contributed by atoms with Gasteiger partial charge in [-0.1, -0.05) is 39.3 Å². The van der Waals surface area contributed by atoms with Crippen LogP contribution in [0.1, 0.15) is 63.2 Å². The normalized spacial score (nSPS) is 14.4. The molecule has 0 spiro atoms. The van der Waals surface area contributed by atoms with Crippen LogP contribution in [-0.4, -0.2) is 17.1 Å². The van der Waals surface area contributed by atoms with Crippen LogP contribution in [-0.2, 0) is 4.79 Å². The van der Waals surface area contributed by atoms with Crippen LogP contribution in [0.4, 0.5) is 0 Å². The van der Waals surface area contributed by atoms with Crippen molar-refractivity contribution in [3.05, 3.63) is 35.8 Å². The van der Waals surface area contributed by atoms with Crippen LogP contribution in [0, 0.1) is 0 Å². The first-order valence-corrected chi connectivity index (χ1v) is 7.92. The SMILES string of the molecule is CCCC(N)C(CC(=O)O)c1occ2cc(C(C)C)ccc12. The van der Waals surface area contributed by atoms with Crippen LogP contribution in [0.3, 0.4) is 0 Å². The van der Waals surface area contributed by atoms with Crippen molar-refractivity contribution in [2.75, 3.05) is 0 Å². The highest BCUT2D eigenvalue weighted by Crippen LogP contribution is 2.34. The second-order valence-electron chi connectivity index (χ2n) is 6.26. The molecule has 0 aliphatic rings. The van der Waals surface area contributed by atoms with E-state index in [1.54, 1.807) is 6.26 Å². The minimum absolute atomic E-state index is 0.00425. The molecular formula is C18H25NO3. The van der Waals surface area contributed by atoms with E-state index in [0.717, 1.165) is 23.6 Å². The quantitative estimate of drug-likeness (QED) is 0.802. The lowest BCUT2D eigenvalue weighted by Gasteiger charge is -2.20. The summed E-state index contributed by atoms with van der Waals surface area (Å²) in [5.74, 6) is 0.00771. The van der Waals surface area contributed by atoms with Gasteiger partial charge in [-0.05, 0) is 24.0 Å². The number of nitrogens with two attached hydrogens (primary N) is 1. The zero-order valence-electron chi connectivity index (χ0n) is 13.5. The lowest BCUT2D eigenvalue weighted by atomic mass is 9.89. The first-order chi connectivity index (χ1) is 10.4. The molecular weight excluding hydrogens is 278 g/mol. The number of carboxylic acid groups (broad SMARTS) is 1. The fourth-order valence-corrected chi connectivity index (χ4v) is 2.90. The fraction of sp³-hybridized carbons (Fsp3) is 0.500. The standard InChI is InChI=1S/C18H25NO3/c1-4-5-16(19)15(9-17(20)21)18-14-7-6-12(11(2)3)8-13(14)10-22-18/h6-8,10-11,15-16H,4-5,9,19H2,1-3H3,(H,20,21). The zero-order valence-corrected chi connectivity index (χ0v) is 13.5. The smallest absolute Gasteiger partial charge is 0.304 e. The largest absolute Gasteiger partial charge is 0.481 e. The Bertz CT molecular complexity index is 645. The molecule has 0 radical (unpaired) electrons. The maximum absolute atomic E-state index is 11.2. The number of fused-ring (bicyclic) bond motifs is 1.